The molecule has 2 saturated carbocycles. The molecule has 3 aliphatic rings. The van der Waals surface area contributed by atoms with E-state index in [-0.39, 0.29) is 5.41 Å². The highest BCUT2D eigenvalue weighted by molar-refractivity contribution is 5.25. The summed E-state index contributed by atoms with van der Waals surface area (Å²) >= 11 is 0. The fraction of sp³-hybridized carbons (Fsp3) is 0.893. The first-order valence-electron chi connectivity index (χ1n) is 13.7. The number of hydrogen-bond acceptors (Lipinski definition) is 3. The summed E-state index contributed by atoms with van der Waals surface area (Å²) in [5.41, 5.74) is 16.5. The van der Waals surface area contributed by atoms with Gasteiger partial charge in [0.1, 0.15) is 0 Å². The smallest absolute Gasteiger partial charge is 0.0522 e. The minimum absolute atomic E-state index is 0.234. The number of rotatable bonds is 8. The zero-order valence-electron chi connectivity index (χ0n) is 21.5. The van der Waals surface area contributed by atoms with Crippen molar-refractivity contribution in [3.05, 3.63) is 17.5 Å². The molecule has 0 radical (unpaired) electrons. The van der Waals surface area contributed by atoms with Gasteiger partial charge in [-0.15, -0.1) is 0 Å². The van der Waals surface area contributed by atoms with Crippen LogP contribution in [0.5, 0.6) is 0 Å². The van der Waals surface area contributed by atoms with Crippen molar-refractivity contribution in [1.29, 1.82) is 0 Å². The molecule has 1 heterocycles. The third-order valence-electron chi connectivity index (χ3n) is 10.8. The van der Waals surface area contributed by atoms with Crippen molar-refractivity contribution in [3.63, 3.8) is 0 Å². The molecule has 8 atom stereocenters. The number of aromatic nitrogens is 2. The number of fused-ring (bicyclic) bond motifs is 2. The molecule has 3 aliphatic carbocycles. The summed E-state index contributed by atoms with van der Waals surface area (Å²) < 4.78 is 0. The standard InChI is InChI=1S/C28H50N4/c1-18(2)7-6-8-19(3)23-9-10-24-22(16-30)25(11-12-27(23,24)4)28(5)14-20-17-31-32-26(20)13-21(28)15-29/h17-19,21-25H,6-16,29-30H2,1-5H3,(H,31,32)/t19?,21-,22+,23-,24+,25+,27-,28+/m1/s1. The lowest BCUT2D eigenvalue weighted by Gasteiger charge is -2.57. The van der Waals surface area contributed by atoms with Crippen molar-refractivity contribution in [2.45, 2.75) is 92.4 Å². The number of nitrogens with two attached hydrogens (primary N) is 2. The van der Waals surface area contributed by atoms with E-state index >= 15 is 0 Å². The van der Waals surface area contributed by atoms with Gasteiger partial charge in [-0.3, -0.25) is 5.10 Å². The topological polar surface area (TPSA) is 80.7 Å². The average Bonchev–Trinajstić information content (AvgIpc) is 3.34. The summed E-state index contributed by atoms with van der Waals surface area (Å²) in [5.74, 6) is 5.16. The minimum Gasteiger partial charge on any atom is -0.330 e. The van der Waals surface area contributed by atoms with Crippen molar-refractivity contribution in [2.24, 2.45) is 63.7 Å². The van der Waals surface area contributed by atoms with Crippen LogP contribution >= 0.6 is 0 Å². The maximum atomic E-state index is 6.62. The van der Waals surface area contributed by atoms with Crippen LogP contribution < -0.4 is 11.5 Å². The van der Waals surface area contributed by atoms with Gasteiger partial charge in [0, 0.05) is 5.69 Å². The average molecular weight is 443 g/mol. The van der Waals surface area contributed by atoms with E-state index in [0.29, 0.717) is 23.2 Å². The number of nitrogens with one attached hydrogen (secondary N) is 1. The van der Waals surface area contributed by atoms with Gasteiger partial charge in [0.2, 0.25) is 0 Å². The first kappa shape index (κ1) is 24.3. The maximum Gasteiger partial charge on any atom is 0.0522 e. The molecule has 5 N–H and O–H groups in total. The molecule has 0 saturated heterocycles. The van der Waals surface area contributed by atoms with Crippen molar-refractivity contribution < 1.29 is 0 Å². The second-order valence-corrected chi connectivity index (χ2v) is 12.8. The van der Waals surface area contributed by atoms with E-state index in [1.165, 1.54) is 56.2 Å². The Morgan fingerprint density at radius 3 is 2.47 bits per heavy atom. The third-order valence-corrected chi connectivity index (χ3v) is 10.8. The Morgan fingerprint density at radius 1 is 1.03 bits per heavy atom. The number of aromatic amines is 1. The summed E-state index contributed by atoms with van der Waals surface area (Å²) in [6, 6.07) is 0. The van der Waals surface area contributed by atoms with E-state index in [1.807, 2.05) is 0 Å². The molecule has 32 heavy (non-hydrogen) atoms. The van der Waals surface area contributed by atoms with Gasteiger partial charge in [0.05, 0.1) is 6.20 Å². The predicted molar refractivity (Wildman–Crippen MR) is 134 cm³/mol. The normalized spacial score (nSPS) is 40.3. The van der Waals surface area contributed by atoms with E-state index in [1.54, 1.807) is 0 Å². The van der Waals surface area contributed by atoms with Crippen LogP contribution in [0.2, 0.25) is 0 Å². The van der Waals surface area contributed by atoms with Gasteiger partial charge in [0.15, 0.2) is 0 Å². The van der Waals surface area contributed by atoms with Gasteiger partial charge in [-0.25, -0.2) is 0 Å². The van der Waals surface area contributed by atoms with E-state index in [2.05, 4.69) is 51.0 Å². The van der Waals surface area contributed by atoms with Gasteiger partial charge in [-0.05, 0) is 109 Å². The second kappa shape index (κ2) is 9.41. The summed E-state index contributed by atoms with van der Waals surface area (Å²) in [6.45, 7) is 14.1. The monoisotopic (exact) mass is 442 g/mol. The van der Waals surface area contributed by atoms with Gasteiger partial charge in [-0.2, -0.15) is 5.10 Å². The van der Waals surface area contributed by atoms with E-state index in [0.717, 1.165) is 49.6 Å². The van der Waals surface area contributed by atoms with Crippen LogP contribution in [-0.2, 0) is 12.8 Å². The van der Waals surface area contributed by atoms with Crippen molar-refractivity contribution >= 4 is 0 Å². The maximum absolute atomic E-state index is 6.62. The number of hydrogen-bond donors (Lipinski definition) is 3. The van der Waals surface area contributed by atoms with E-state index in [9.17, 15) is 0 Å². The molecule has 0 aromatic carbocycles. The summed E-state index contributed by atoms with van der Waals surface area (Å²) in [5, 5.41) is 7.60. The van der Waals surface area contributed by atoms with Gasteiger partial charge < -0.3 is 11.5 Å². The lowest BCUT2D eigenvalue weighted by molar-refractivity contribution is -0.0663. The fourth-order valence-corrected chi connectivity index (χ4v) is 8.95. The Labute approximate surface area is 197 Å². The van der Waals surface area contributed by atoms with Gasteiger partial charge in [0.25, 0.3) is 0 Å². The van der Waals surface area contributed by atoms with Crippen LogP contribution in [0.1, 0.15) is 90.8 Å². The van der Waals surface area contributed by atoms with Crippen molar-refractivity contribution in [1.82, 2.24) is 10.2 Å². The third kappa shape index (κ3) is 4.08. The second-order valence-electron chi connectivity index (χ2n) is 12.8. The minimum atomic E-state index is 0.234. The lowest BCUT2D eigenvalue weighted by Crippen LogP contribution is -2.54. The first-order valence-corrected chi connectivity index (χ1v) is 13.7. The quantitative estimate of drug-likeness (QED) is 0.492. The molecule has 4 rings (SSSR count). The predicted octanol–water partition coefficient (Wildman–Crippen LogP) is 5.57. The molecule has 1 aromatic heterocycles. The molecule has 4 nitrogen and oxygen atoms in total. The molecule has 0 bridgehead atoms. The lowest BCUT2D eigenvalue weighted by atomic mass is 9.48. The van der Waals surface area contributed by atoms with Crippen molar-refractivity contribution in [2.75, 3.05) is 13.1 Å². The molecular formula is C28H50N4. The highest BCUT2D eigenvalue weighted by atomic mass is 15.1. The molecule has 1 unspecified atom stereocenters. The van der Waals surface area contributed by atoms with Crippen LogP contribution in [-0.4, -0.2) is 23.3 Å². The zero-order valence-corrected chi connectivity index (χ0v) is 21.5. The Hall–Kier alpha value is -0.870. The Balaban J connectivity index is 1.53. The first-order chi connectivity index (χ1) is 15.2. The molecule has 2 fully saturated rings. The van der Waals surface area contributed by atoms with Gasteiger partial charge >= 0.3 is 0 Å². The molecule has 1 aromatic rings. The van der Waals surface area contributed by atoms with Crippen LogP contribution in [0.3, 0.4) is 0 Å². The Bertz CT molecular complexity index is 756. The highest BCUT2D eigenvalue weighted by Gasteiger charge is 2.58. The molecule has 0 amide bonds. The van der Waals surface area contributed by atoms with E-state index in [4.69, 9.17) is 11.5 Å². The number of H-pyrrole nitrogens is 1. The summed E-state index contributed by atoms with van der Waals surface area (Å²) in [7, 11) is 0. The fourth-order valence-electron chi connectivity index (χ4n) is 8.95. The van der Waals surface area contributed by atoms with Crippen LogP contribution in [0.25, 0.3) is 0 Å². The van der Waals surface area contributed by atoms with Crippen LogP contribution in [0.4, 0.5) is 0 Å². The molecular weight excluding hydrogens is 392 g/mol. The SMILES string of the molecule is CC(C)CCCC(C)[C@H]1CC[C@H]2[C@H](CN)[C@@H]([C@@]3(C)Cc4cn[nH]c4C[C@@H]3CN)CC[C@]12C. The van der Waals surface area contributed by atoms with Crippen LogP contribution in [0, 0.1) is 52.3 Å². The zero-order chi connectivity index (χ0) is 23.1. The summed E-state index contributed by atoms with van der Waals surface area (Å²) in [4.78, 5) is 0. The molecule has 4 heteroatoms. The van der Waals surface area contributed by atoms with Gasteiger partial charge in [-0.1, -0.05) is 53.9 Å². The van der Waals surface area contributed by atoms with Crippen LogP contribution in [0.15, 0.2) is 6.20 Å². The highest BCUT2D eigenvalue weighted by Crippen LogP contribution is 2.64. The summed E-state index contributed by atoms with van der Waals surface area (Å²) in [6.07, 6.45) is 13.9. The number of nitrogens with zero attached hydrogens (tertiary/aromatic N) is 1. The molecule has 0 aliphatic heterocycles. The Kier molecular flexibility index (Phi) is 7.13. The molecule has 182 valence electrons. The molecule has 0 spiro atoms. The van der Waals surface area contributed by atoms with E-state index < -0.39 is 0 Å². The Morgan fingerprint density at radius 2 is 1.78 bits per heavy atom. The van der Waals surface area contributed by atoms with Crippen molar-refractivity contribution in [3.8, 4) is 0 Å². The largest absolute Gasteiger partial charge is 0.330 e.